The Morgan fingerprint density at radius 1 is 1.62 bits per heavy atom. The number of morpholine rings is 1. The summed E-state index contributed by atoms with van der Waals surface area (Å²) in [6, 6.07) is 2.69. The van der Waals surface area contributed by atoms with Crippen molar-refractivity contribution in [3.05, 3.63) is 20.8 Å². The highest BCUT2D eigenvalue weighted by molar-refractivity contribution is 9.10. The van der Waals surface area contributed by atoms with E-state index >= 15 is 0 Å². The van der Waals surface area contributed by atoms with Crippen LogP contribution in [0.3, 0.4) is 0 Å². The highest BCUT2D eigenvalue weighted by atomic mass is 79.9. The van der Waals surface area contributed by atoms with Gasteiger partial charge in [0.15, 0.2) is 0 Å². The Morgan fingerprint density at radius 3 is 3.25 bits per heavy atom. The second kappa shape index (κ2) is 6.71. The van der Waals surface area contributed by atoms with Gasteiger partial charge >= 0.3 is 0 Å². The molecule has 2 rings (SSSR count). The van der Waals surface area contributed by atoms with E-state index < -0.39 is 0 Å². The van der Waals surface area contributed by atoms with Crippen molar-refractivity contribution in [1.29, 1.82) is 0 Å². The molecule has 0 bridgehead atoms. The molecule has 90 valence electrons. The van der Waals surface area contributed by atoms with Gasteiger partial charge in [0.2, 0.25) is 0 Å². The van der Waals surface area contributed by atoms with Gasteiger partial charge in [-0.3, -0.25) is 0 Å². The predicted octanol–water partition coefficient (Wildman–Crippen LogP) is 1.98. The highest BCUT2D eigenvalue weighted by Gasteiger charge is 2.11. The highest BCUT2D eigenvalue weighted by Crippen LogP contribution is 2.19. The fourth-order valence-corrected chi connectivity index (χ4v) is 3.16. The number of hydrogen-bond donors (Lipinski definition) is 2. The van der Waals surface area contributed by atoms with Crippen LogP contribution in [0.1, 0.15) is 11.3 Å². The topological polar surface area (TPSA) is 33.3 Å². The van der Waals surface area contributed by atoms with E-state index in [2.05, 4.69) is 38.0 Å². The van der Waals surface area contributed by atoms with E-state index in [1.54, 1.807) is 11.3 Å². The van der Waals surface area contributed by atoms with E-state index in [0.717, 1.165) is 39.3 Å². The normalized spacial score (nSPS) is 21.2. The van der Waals surface area contributed by atoms with Gasteiger partial charge in [0, 0.05) is 33.9 Å². The minimum Gasteiger partial charge on any atom is -0.379 e. The smallest absolute Gasteiger partial charge is 0.0620 e. The molecule has 1 unspecified atom stereocenters. The predicted molar refractivity (Wildman–Crippen MR) is 71.0 cm³/mol. The van der Waals surface area contributed by atoms with Crippen molar-refractivity contribution in [2.45, 2.75) is 19.0 Å². The van der Waals surface area contributed by atoms with Crippen LogP contribution < -0.4 is 10.6 Å². The van der Waals surface area contributed by atoms with Crippen LogP contribution in [0.15, 0.2) is 15.9 Å². The lowest BCUT2D eigenvalue weighted by Gasteiger charge is -2.23. The molecule has 2 N–H and O–H groups in total. The van der Waals surface area contributed by atoms with Crippen LogP contribution in [0.2, 0.25) is 0 Å². The van der Waals surface area contributed by atoms with Crippen LogP contribution in [0.4, 0.5) is 0 Å². The molecule has 0 aromatic carbocycles. The minimum absolute atomic E-state index is 0.524. The van der Waals surface area contributed by atoms with Gasteiger partial charge in [-0.2, -0.15) is 0 Å². The van der Waals surface area contributed by atoms with Crippen molar-refractivity contribution in [3.63, 3.8) is 0 Å². The quantitative estimate of drug-likeness (QED) is 0.816. The number of halogens is 1. The maximum Gasteiger partial charge on any atom is 0.0620 e. The van der Waals surface area contributed by atoms with E-state index in [-0.39, 0.29) is 0 Å². The molecule has 1 fully saturated rings. The zero-order chi connectivity index (χ0) is 11.2. The monoisotopic (exact) mass is 304 g/mol. The third-order valence-electron chi connectivity index (χ3n) is 2.59. The maximum absolute atomic E-state index is 5.41. The van der Waals surface area contributed by atoms with Crippen molar-refractivity contribution in [1.82, 2.24) is 10.6 Å². The molecule has 2 heterocycles. The summed E-state index contributed by atoms with van der Waals surface area (Å²) in [5, 5.41) is 9.03. The Bertz CT molecular complexity index is 313. The van der Waals surface area contributed by atoms with Gasteiger partial charge in [-0.25, -0.2) is 0 Å². The Labute approximate surface area is 109 Å². The van der Waals surface area contributed by atoms with Gasteiger partial charge in [-0.1, -0.05) is 0 Å². The average molecular weight is 305 g/mol. The first-order valence-corrected chi connectivity index (χ1v) is 7.26. The van der Waals surface area contributed by atoms with Crippen molar-refractivity contribution in [3.8, 4) is 0 Å². The lowest BCUT2D eigenvalue weighted by molar-refractivity contribution is 0.0742. The Hall–Kier alpha value is 0.0600. The fourth-order valence-electron chi connectivity index (χ4n) is 1.74. The molecule has 5 heteroatoms. The van der Waals surface area contributed by atoms with Crippen LogP contribution in [-0.2, 0) is 11.3 Å². The summed E-state index contributed by atoms with van der Waals surface area (Å²) < 4.78 is 6.58. The Morgan fingerprint density at radius 2 is 2.56 bits per heavy atom. The molecule has 1 aliphatic heterocycles. The molecule has 0 saturated carbocycles. The summed E-state index contributed by atoms with van der Waals surface area (Å²) >= 11 is 5.25. The molecule has 16 heavy (non-hydrogen) atoms. The molecule has 3 nitrogen and oxygen atoms in total. The van der Waals surface area contributed by atoms with Gasteiger partial charge < -0.3 is 15.4 Å². The largest absolute Gasteiger partial charge is 0.379 e. The summed E-state index contributed by atoms with van der Waals surface area (Å²) in [7, 11) is 0. The third kappa shape index (κ3) is 4.14. The first-order chi connectivity index (χ1) is 7.84. The third-order valence-corrected chi connectivity index (χ3v) is 4.29. The minimum atomic E-state index is 0.524. The molecule has 0 aliphatic carbocycles. The van der Waals surface area contributed by atoms with Crippen LogP contribution in [0.25, 0.3) is 0 Å². The van der Waals surface area contributed by atoms with Gasteiger partial charge in [-0.15, -0.1) is 11.3 Å². The van der Waals surface area contributed by atoms with Gasteiger partial charge in [-0.05, 0) is 35.0 Å². The summed E-state index contributed by atoms with van der Waals surface area (Å²) in [5.74, 6) is 0. The van der Waals surface area contributed by atoms with Crippen molar-refractivity contribution in [2.24, 2.45) is 0 Å². The SMILES string of the molecule is Brc1csc(CNCCC2COCCN2)c1. The average Bonchev–Trinajstić information content (AvgIpc) is 2.72. The number of ether oxygens (including phenoxy) is 1. The lowest BCUT2D eigenvalue weighted by atomic mass is 10.2. The molecule has 1 aliphatic rings. The number of rotatable bonds is 5. The molecular formula is C11H17BrN2OS. The van der Waals surface area contributed by atoms with Crippen LogP contribution in [0, 0.1) is 0 Å². The van der Waals surface area contributed by atoms with E-state index in [1.807, 2.05) is 0 Å². The molecule has 0 amide bonds. The summed E-state index contributed by atoms with van der Waals surface area (Å²) in [6.07, 6.45) is 1.13. The van der Waals surface area contributed by atoms with Crippen molar-refractivity contribution >= 4 is 27.3 Å². The van der Waals surface area contributed by atoms with Crippen molar-refractivity contribution < 1.29 is 4.74 Å². The lowest BCUT2D eigenvalue weighted by Crippen LogP contribution is -2.42. The van der Waals surface area contributed by atoms with Crippen molar-refractivity contribution in [2.75, 3.05) is 26.3 Å². The summed E-state index contributed by atoms with van der Waals surface area (Å²) in [5.41, 5.74) is 0. The Balaban J connectivity index is 1.57. The van der Waals surface area contributed by atoms with E-state index in [9.17, 15) is 0 Å². The standard InChI is InChI=1S/C11H17BrN2OS/c12-9-5-11(16-8-9)6-13-2-1-10-7-15-4-3-14-10/h5,8,10,13-14H,1-4,6-7H2. The van der Waals surface area contributed by atoms with E-state index in [4.69, 9.17) is 4.74 Å². The molecule has 0 spiro atoms. The zero-order valence-electron chi connectivity index (χ0n) is 9.17. The summed E-state index contributed by atoms with van der Waals surface area (Å²) in [6.45, 7) is 4.70. The molecule has 0 radical (unpaired) electrons. The molecule has 1 aromatic heterocycles. The second-order valence-corrected chi connectivity index (χ2v) is 5.83. The zero-order valence-corrected chi connectivity index (χ0v) is 11.6. The molecule has 1 saturated heterocycles. The maximum atomic E-state index is 5.41. The van der Waals surface area contributed by atoms with Crippen LogP contribution in [-0.4, -0.2) is 32.3 Å². The van der Waals surface area contributed by atoms with E-state index in [1.165, 1.54) is 9.35 Å². The van der Waals surface area contributed by atoms with Gasteiger partial charge in [0.1, 0.15) is 0 Å². The fraction of sp³-hybridized carbons (Fsp3) is 0.636. The summed E-state index contributed by atoms with van der Waals surface area (Å²) in [4.78, 5) is 1.37. The van der Waals surface area contributed by atoms with Gasteiger partial charge in [0.25, 0.3) is 0 Å². The Kier molecular flexibility index (Phi) is 5.25. The first-order valence-electron chi connectivity index (χ1n) is 5.59. The van der Waals surface area contributed by atoms with E-state index in [0.29, 0.717) is 6.04 Å². The molecular weight excluding hydrogens is 288 g/mol. The van der Waals surface area contributed by atoms with Crippen LogP contribution in [0.5, 0.6) is 0 Å². The van der Waals surface area contributed by atoms with Crippen LogP contribution >= 0.6 is 27.3 Å². The number of nitrogens with one attached hydrogen (secondary N) is 2. The molecule has 1 aromatic rings. The second-order valence-electron chi connectivity index (χ2n) is 3.92. The number of thiophene rings is 1. The number of hydrogen-bond acceptors (Lipinski definition) is 4. The first kappa shape index (κ1) is 12.5. The van der Waals surface area contributed by atoms with Gasteiger partial charge in [0.05, 0.1) is 13.2 Å². The molecule has 1 atom stereocenters.